The number of hydrogen-bond donors (Lipinski definition) is 0. The Balaban J connectivity index is 4.16. The van der Waals surface area contributed by atoms with E-state index in [1.54, 1.807) is 0 Å². The molecule has 0 heterocycles. The van der Waals surface area contributed by atoms with Gasteiger partial charge in [0.2, 0.25) is 0 Å². The summed E-state index contributed by atoms with van der Waals surface area (Å²) in [5.41, 5.74) is 0. The van der Waals surface area contributed by atoms with Crippen LogP contribution in [0.5, 0.6) is 0 Å². The van der Waals surface area contributed by atoms with E-state index in [1.165, 1.54) is 38.5 Å². The summed E-state index contributed by atoms with van der Waals surface area (Å²) in [5.74, 6) is 0.910. The number of rotatable bonds is 7. The van der Waals surface area contributed by atoms with Crippen LogP contribution in [-0.4, -0.2) is 5.16 Å². The van der Waals surface area contributed by atoms with Crippen molar-refractivity contribution in [1.29, 1.82) is 0 Å². The van der Waals surface area contributed by atoms with Gasteiger partial charge in [-0.25, -0.2) is 0 Å². The van der Waals surface area contributed by atoms with E-state index in [1.807, 2.05) is 0 Å². The molecule has 0 saturated carbocycles. The van der Waals surface area contributed by atoms with Crippen molar-refractivity contribution in [3.8, 4) is 0 Å². The van der Waals surface area contributed by atoms with Crippen LogP contribution in [0.2, 0.25) is 0 Å². The highest BCUT2D eigenvalue weighted by Crippen LogP contribution is 2.39. The van der Waals surface area contributed by atoms with E-state index in [9.17, 15) is 0 Å². The zero-order valence-corrected chi connectivity index (χ0v) is 11.1. The van der Waals surface area contributed by atoms with Gasteiger partial charge in [0, 0.05) is 0 Å². The maximum atomic E-state index is 3.12. The van der Waals surface area contributed by atoms with Gasteiger partial charge in [-0.3, -0.25) is 0 Å². The Labute approximate surface area is 87.1 Å². The Hall–Kier alpha value is 0.430. The third-order valence-corrected chi connectivity index (χ3v) is 4.82. The van der Waals surface area contributed by atoms with Crippen LogP contribution in [0.15, 0.2) is 0 Å². The Kier molecular flexibility index (Phi) is 7.05. The third kappa shape index (κ3) is 3.98. The highest BCUT2D eigenvalue weighted by Gasteiger charge is 2.28. The molecule has 0 fully saturated rings. The molecular formula is C12H27P. The summed E-state index contributed by atoms with van der Waals surface area (Å²) in [6, 6.07) is 0. The van der Waals surface area contributed by atoms with Crippen LogP contribution in [0.3, 0.4) is 0 Å². The van der Waals surface area contributed by atoms with Gasteiger partial charge in [-0.15, -0.1) is 9.24 Å². The summed E-state index contributed by atoms with van der Waals surface area (Å²) >= 11 is 0. The highest BCUT2D eigenvalue weighted by atomic mass is 31.0. The van der Waals surface area contributed by atoms with Crippen molar-refractivity contribution in [3.63, 3.8) is 0 Å². The van der Waals surface area contributed by atoms with Gasteiger partial charge < -0.3 is 0 Å². The summed E-state index contributed by atoms with van der Waals surface area (Å²) in [5, 5.41) is 0.518. The maximum absolute atomic E-state index is 3.12. The lowest BCUT2D eigenvalue weighted by atomic mass is 9.81. The summed E-state index contributed by atoms with van der Waals surface area (Å²) in [7, 11) is 3.12. The zero-order valence-electron chi connectivity index (χ0n) is 9.90. The van der Waals surface area contributed by atoms with Gasteiger partial charge in [-0.05, 0) is 30.3 Å². The van der Waals surface area contributed by atoms with Crippen LogP contribution >= 0.6 is 9.24 Å². The van der Waals surface area contributed by atoms with Gasteiger partial charge in [-0.2, -0.15) is 0 Å². The molecule has 0 aromatic rings. The van der Waals surface area contributed by atoms with Gasteiger partial charge >= 0.3 is 0 Å². The lowest BCUT2D eigenvalue weighted by molar-refractivity contribution is 0.316. The van der Waals surface area contributed by atoms with Crippen LogP contribution in [0, 0.1) is 5.92 Å². The fraction of sp³-hybridized carbons (Fsp3) is 1.00. The predicted molar refractivity (Wildman–Crippen MR) is 66.3 cm³/mol. The second-order valence-electron chi connectivity index (χ2n) is 4.19. The molecule has 0 bridgehead atoms. The molecule has 0 N–H and O–H groups in total. The van der Waals surface area contributed by atoms with Crippen molar-refractivity contribution in [3.05, 3.63) is 0 Å². The van der Waals surface area contributed by atoms with E-state index < -0.39 is 0 Å². The molecule has 80 valence electrons. The number of unbranched alkanes of at least 4 members (excludes halogenated alkanes) is 1. The summed E-state index contributed by atoms with van der Waals surface area (Å²) in [4.78, 5) is 0. The zero-order chi connectivity index (χ0) is 10.3. The molecule has 0 aromatic heterocycles. The molecule has 2 atom stereocenters. The first-order chi connectivity index (χ1) is 6.14. The second kappa shape index (κ2) is 6.82. The molecule has 1 heteroatoms. The molecular weight excluding hydrogens is 175 g/mol. The molecule has 0 aliphatic heterocycles. The molecule has 0 spiro atoms. The van der Waals surface area contributed by atoms with E-state index in [-0.39, 0.29) is 0 Å². The standard InChI is InChI=1S/C12H27P/c1-5-9-10-11(6-2)12(13,7-3)8-4/h11H,5-10,13H2,1-4H3. The van der Waals surface area contributed by atoms with Crippen molar-refractivity contribution < 1.29 is 0 Å². The van der Waals surface area contributed by atoms with Gasteiger partial charge in [0.1, 0.15) is 0 Å². The third-order valence-electron chi connectivity index (χ3n) is 3.53. The highest BCUT2D eigenvalue weighted by molar-refractivity contribution is 7.19. The van der Waals surface area contributed by atoms with Crippen LogP contribution in [0.1, 0.15) is 66.2 Å². The van der Waals surface area contributed by atoms with E-state index in [4.69, 9.17) is 0 Å². The number of hydrogen-bond acceptors (Lipinski definition) is 0. The molecule has 0 rings (SSSR count). The summed E-state index contributed by atoms with van der Waals surface area (Å²) in [6.45, 7) is 9.27. The van der Waals surface area contributed by atoms with E-state index in [0.29, 0.717) is 5.16 Å². The van der Waals surface area contributed by atoms with Crippen molar-refractivity contribution in [2.24, 2.45) is 5.92 Å². The molecule has 0 radical (unpaired) electrons. The lowest BCUT2D eigenvalue weighted by Crippen LogP contribution is -2.29. The van der Waals surface area contributed by atoms with E-state index in [0.717, 1.165) is 5.92 Å². The van der Waals surface area contributed by atoms with Crippen LogP contribution < -0.4 is 0 Å². The smallest absolute Gasteiger partial charge is 0.0127 e. The quantitative estimate of drug-likeness (QED) is 0.528. The molecule has 0 amide bonds. The minimum Gasteiger partial charge on any atom is -0.131 e. The van der Waals surface area contributed by atoms with E-state index >= 15 is 0 Å². The van der Waals surface area contributed by atoms with Gasteiger partial charge in [0.25, 0.3) is 0 Å². The Morgan fingerprint density at radius 1 is 1.08 bits per heavy atom. The fourth-order valence-electron chi connectivity index (χ4n) is 2.18. The lowest BCUT2D eigenvalue weighted by Gasteiger charge is -2.35. The molecule has 0 aromatic carbocycles. The first kappa shape index (κ1) is 13.4. The summed E-state index contributed by atoms with van der Waals surface area (Å²) in [6.07, 6.45) is 8.09. The average Bonchev–Trinajstić information content (AvgIpc) is 2.18. The van der Waals surface area contributed by atoms with Crippen LogP contribution in [-0.2, 0) is 0 Å². The molecule has 0 aliphatic rings. The second-order valence-corrected chi connectivity index (χ2v) is 5.34. The molecule has 13 heavy (non-hydrogen) atoms. The molecule has 0 aliphatic carbocycles. The Morgan fingerprint density at radius 2 is 1.62 bits per heavy atom. The van der Waals surface area contributed by atoms with Crippen molar-refractivity contribution in [1.82, 2.24) is 0 Å². The minimum atomic E-state index is 0.518. The van der Waals surface area contributed by atoms with Gasteiger partial charge in [0.05, 0.1) is 0 Å². The van der Waals surface area contributed by atoms with Crippen LogP contribution in [0.4, 0.5) is 0 Å². The van der Waals surface area contributed by atoms with Crippen molar-refractivity contribution in [2.45, 2.75) is 71.4 Å². The average molecular weight is 202 g/mol. The first-order valence-corrected chi connectivity index (χ1v) is 6.51. The normalized spacial score (nSPS) is 14.5. The van der Waals surface area contributed by atoms with Gasteiger partial charge in [0.15, 0.2) is 0 Å². The van der Waals surface area contributed by atoms with Crippen LogP contribution in [0.25, 0.3) is 0 Å². The predicted octanol–water partition coefficient (Wildman–Crippen LogP) is 4.64. The monoisotopic (exact) mass is 202 g/mol. The summed E-state index contributed by atoms with van der Waals surface area (Å²) < 4.78 is 0. The Morgan fingerprint density at radius 3 is 1.92 bits per heavy atom. The molecule has 0 saturated heterocycles. The van der Waals surface area contributed by atoms with Crippen molar-refractivity contribution >= 4 is 9.24 Å². The molecule has 2 unspecified atom stereocenters. The maximum Gasteiger partial charge on any atom is -0.0127 e. The molecule has 0 nitrogen and oxygen atoms in total. The minimum absolute atomic E-state index is 0.518. The largest absolute Gasteiger partial charge is 0.131 e. The fourth-order valence-corrected chi connectivity index (χ4v) is 2.58. The SMILES string of the molecule is CCCCC(CC)C(P)(CC)CC. The Bertz CT molecular complexity index is 116. The van der Waals surface area contributed by atoms with Gasteiger partial charge in [-0.1, -0.05) is 47.0 Å². The van der Waals surface area contributed by atoms with E-state index in [2.05, 4.69) is 36.9 Å². The van der Waals surface area contributed by atoms with Crippen molar-refractivity contribution in [2.75, 3.05) is 0 Å². The topological polar surface area (TPSA) is 0 Å². The first-order valence-electron chi connectivity index (χ1n) is 5.93.